The van der Waals surface area contributed by atoms with E-state index < -0.39 is 0 Å². The zero-order valence-corrected chi connectivity index (χ0v) is 15.0. The zero-order valence-electron chi connectivity index (χ0n) is 13.4. The van der Waals surface area contributed by atoms with E-state index in [1.54, 1.807) is 12.3 Å². The van der Waals surface area contributed by atoms with Gasteiger partial charge in [-0.15, -0.1) is 0 Å². The lowest BCUT2D eigenvalue weighted by atomic mass is 10.3. The van der Waals surface area contributed by atoms with Gasteiger partial charge in [0.15, 0.2) is 5.65 Å². The summed E-state index contributed by atoms with van der Waals surface area (Å²) in [7, 11) is 0. The molecule has 0 fully saturated rings. The van der Waals surface area contributed by atoms with Crippen LogP contribution in [0.4, 0.5) is 23.1 Å². The molecule has 2 aromatic heterocycles. The number of pyridine rings is 1. The highest BCUT2D eigenvalue weighted by molar-refractivity contribution is 6.31. The van der Waals surface area contributed by atoms with Gasteiger partial charge in [0.2, 0.25) is 5.95 Å². The maximum absolute atomic E-state index is 6.07. The first-order chi connectivity index (χ1) is 12.7. The van der Waals surface area contributed by atoms with Gasteiger partial charge in [-0.3, -0.25) is 0 Å². The molecule has 2 N–H and O–H groups in total. The van der Waals surface area contributed by atoms with Gasteiger partial charge in [0.1, 0.15) is 5.82 Å². The normalized spacial score (nSPS) is 10.7. The molecule has 26 heavy (non-hydrogen) atoms. The molecule has 2 heterocycles. The second kappa shape index (κ2) is 7.15. The summed E-state index contributed by atoms with van der Waals surface area (Å²) in [6.07, 6.45) is 1.70. The summed E-state index contributed by atoms with van der Waals surface area (Å²) in [5.41, 5.74) is 2.20. The minimum Gasteiger partial charge on any atom is -0.339 e. The first-order valence-corrected chi connectivity index (χ1v) is 8.61. The van der Waals surface area contributed by atoms with Crippen LogP contribution in [0.3, 0.4) is 0 Å². The van der Waals surface area contributed by atoms with Crippen molar-refractivity contribution in [1.29, 1.82) is 0 Å². The molecular formula is C19H13Cl2N5. The Balaban J connectivity index is 1.75. The molecule has 128 valence electrons. The Bertz CT molecular complexity index is 1080. The number of nitrogens with one attached hydrogen (secondary N) is 2. The molecule has 4 aromatic rings. The summed E-state index contributed by atoms with van der Waals surface area (Å²) < 4.78 is 0. The van der Waals surface area contributed by atoms with Crippen molar-refractivity contribution in [3.63, 3.8) is 0 Å². The Hall–Kier alpha value is -2.89. The van der Waals surface area contributed by atoms with Crippen LogP contribution in [-0.2, 0) is 0 Å². The maximum atomic E-state index is 6.07. The second-order valence-corrected chi connectivity index (χ2v) is 6.41. The van der Waals surface area contributed by atoms with Crippen LogP contribution < -0.4 is 10.6 Å². The first-order valence-electron chi connectivity index (χ1n) is 7.85. The Morgan fingerprint density at radius 1 is 0.731 bits per heavy atom. The number of aromatic nitrogens is 3. The van der Waals surface area contributed by atoms with Gasteiger partial charge in [0.05, 0.1) is 5.39 Å². The fourth-order valence-corrected chi connectivity index (χ4v) is 2.89. The monoisotopic (exact) mass is 381 g/mol. The molecular weight excluding hydrogens is 369 g/mol. The van der Waals surface area contributed by atoms with Crippen LogP contribution in [0.5, 0.6) is 0 Å². The zero-order chi connectivity index (χ0) is 17.9. The van der Waals surface area contributed by atoms with E-state index in [0.29, 0.717) is 27.5 Å². The molecule has 0 bridgehead atoms. The van der Waals surface area contributed by atoms with Gasteiger partial charge < -0.3 is 10.6 Å². The quantitative estimate of drug-likeness (QED) is 0.466. The highest BCUT2D eigenvalue weighted by Crippen LogP contribution is 2.27. The lowest BCUT2D eigenvalue weighted by molar-refractivity contribution is 1.18. The molecule has 0 saturated carbocycles. The summed E-state index contributed by atoms with van der Waals surface area (Å²) in [5, 5.41) is 8.53. The lowest BCUT2D eigenvalue weighted by Gasteiger charge is -2.12. The van der Waals surface area contributed by atoms with E-state index in [2.05, 4.69) is 25.6 Å². The number of nitrogens with zero attached hydrogens (tertiary/aromatic N) is 3. The highest BCUT2D eigenvalue weighted by Gasteiger charge is 2.09. The molecule has 0 atom stereocenters. The minimum atomic E-state index is 0.419. The molecule has 0 aliphatic heterocycles. The van der Waals surface area contributed by atoms with E-state index in [-0.39, 0.29) is 0 Å². The Morgan fingerprint density at radius 2 is 1.42 bits per heavy atom. The van der Waals surface area contributed by atoms with Crippen molar-refractivity contribution in [2.75, 3.05) is 10.6 Å². The van der Waals surface area contributed by atoms with E-state index in [9.17, 15) is 0 Å². The van der Waals surface area contributed by atoms with Gasteiger partial charge >= 0.3 is 0 Å². The van der Waals surface area contributed by atoms with Crippen molar-refractivity contribution >= 4 is 57.4 Å². The molecule has 0 spiro atoms. The predicted octanol–water partition coefficient (Wildman–Crippen LogP) is 5.82. The van der Waals surface area contributed by atoms with Gasteiger partial charge in [-0.1, -0.05) is 35.3 Å². The highest BCUT2D eigenvalue weighted by atomic mass is 35.5. The third-order valence-electron chi connectivity index (χ3n) is 3.64. The van der Waals surface area contributed by atoms with E-state index in [0.717, 1.165) is 16.8 Å². The van der Waals surface area contributed by atoms with Crippen molar-refractivity contribution in [3.8, 4) is 0 Å². The second-order valence-electron chi connectivity index (χ2n) is 5.54. The molecule has 2 aromatic carbocycles. The van der Waals surface area contributed by atoms with Gasteiger partial charge in [-0.2, -0.15) is 9.97 Å². The number of halogens is 2. The number of rotatable bonds is 4. The topological polar surface area (TPSA) is 62.7 Å². The van der Waals surface area contributed by atoms with Crippen molar-refractivity contribution < 1.29 is 0 Å². The molecule has 0 radical (unpaired) electrons. The van der Waals surface area contributed by atoms with Gasteiger partial charge in [0, 0.05) is 27.6 Å². The Kier molecular flexibility index (Phi) is 4.56. The van der Waals surface area contributed by atoms with Crippen LogP contribution >= 0.6 is 23.2 Å². The van der Waals surface area contributed by atoms with E-state index >= 15 is 0 Å². The van der Waals surface area contributed by atoms with Crippen LogP contribution in [-0.4, -0.2) is 15.0 Å². The van der Waals surface area contributed by atoms with Crippen LogP contribution in [0, 0.1) is 0 Å². The molecule has 0 unspecified atom stereocenters. The molecule has 0 aliphatic rings. The van der Waals surface area contributed by atoms with Crippen molar-refractivity contribution in [1.82, 2.24) is 15.0 Å². The van der Waals surface area contributed by atoms with Crippen molar-refractivity contribution in [2.45, 2.75) is 0 Å². The third kappa shape index (κ3) is 3.69. The third-order valence-corrected chi connectivity index (χ3v) is 4.11. The minimum absolute atomic E-state index is 0.419. The van der Waals surface area contributed by atoms with Crippen molar-refractivity contribution in [2.24, 2.45) is 0 Å². The van der Waals surface area contributed by atoms with Gasteiger partial charge in [-0.05, 0) is 48.5 Å². The Morgan fingerprint density at radius 3 is 2.12 bits per heavy atom. The molecule has 7 heteroatoms. The predicted molar refractivity (Wildman–Crippen MR) is 107 cm³/mol. The summed E-state index contributed by atoms with van der Waals surface area (Å²) in [6.45, 7) is 0. The summed E-state index contributed by atoms with van der Waals surface area (Å²) >= 11 is 12.1. The van der Waals surface area contributed by atoms with Crippen LogP contribution in [0.1, 0.15) is 0 Å². The SMILES string of the molecule is Clc1cccc(Nc2nc(Nc3cccc(Cl)c3)c3cccnc3n2)c1. The molecule has 0 saturated heterocycles. The molecule has 0 amide bonds. The lowest BCUT2D eigenvalue weighted by Crippen LogP contribution is -2.03. The van der Waals surface area contributed by atoms with E-state index in [4.69, 9.17) is 23.2 Å². The number of benzene rings is 2. The molecule has 4 rings (SSSR count). The fraction of sp³-hybridized carbons (Fsp3) is 0. The number of fused-ring (bicyclic) bond motifs is 1. The molecule has 0 aliphatic carbocycles. The van der Waals surface area contributed by atoms with Crippen molar-refractivity contribution in [3.05, 3.63) is 76.9 Å². The van der Waals surface area contributed by atoms with Crippen LogP contribution in [0.15, 0.2) is 66.9 Å². The summed E-state index contributed by atoms with van der Waals surface area (Å²) in [4.78, 5) is 13.4. The Labute approximate surface area is 160 Å². The average molecular weight is 382 g/mol. The van der Waals surface area contributed by atoms with E-state index in [1.165, 1.54) is 0 Å². The summed E-state index contributed by atoms with van der Waals surface area (Å²) in [5.74, 6) is 1.05. The standard InChI is InChI=1S/C19H13Cl2N5/c20-12-4-1-6-14(10-12)23-18-16-8-3-9-22-17(16)25-19(26-18)24-15-7-2-5-13(21)11-15/h1-11H,(H2,22,23,24,25,26). The smallest absolute Gasteiger partial charge is 0.231 e. The fourth-order valence-electron chi connectivity index (χ4n) is 2.51. The largest absolute Gasteiger partial charge is 0.339 e. The van der Waals surface area contributed by atoms with Crippen LogP contribution in [0.25, 0.3) is 11.0 Å². The first kappa shape index (κ1) is 16.6. The van der Waals surface area contributed by atoms with Gasteiger partial charge in [-0.25, -0.2) is 4.98 Å². The van der Waals surface area contributed by atoms with Crippen LogP contribution in [0.2, 0.25) is 10.0 Å². The van der Waals surface area contributed by atoms with Gasteiger partial charge in [0.25, 0.3) is 0 Å². The molecule has 5 nitrogen and oxygen atoms in total. The number of hydrogen-bond donors (Lipinski definition) is 2. The van der Waals surface area contributed by atoms with E-state index in [1.807, 2.05) is 54.6 Å². The number of anilines is 4. The maximum Gasteiger partial charge on any atom is 0.231 e. The summed E-state index contributed by atoms with van der Waals surface area (Å²) in [6, 6.07) is 18.6. The number of hydrogen-bond acceptors (Lipinski definition) is 5. The average Bonchev–Trinajstić information content (AvgIpc) is 2.62.